The second kappa shape index (κ2) is 10.8. The Kier molecular flexibility index (Phi) is 7.35. The van der Waals surface area contributed by atoms with Gasteiger partial charge in [0.2, 0.25) is 0 Å². The number of carbonyl (C=O) groups excluding carboxylic acids is 1. The van der Waals surface area contributed by atoms with E-state index in [4.69, 9.17) is 10.5 Å². The summed E-state index contributed by atoms with van der Waals surface area (Å²) in [6.07, 6.45) is -3.18. The van der Waals surface area contributed by atoms with Crippen molar-refractivity contribution in [2.45, 2.75) is 51.8 Å². The number of nitriles is 1. The van der Waals surface area contributed by atoms with Crippen molar-refractivity contribution >= 4 is 11.5 Å². The Morgan fingerprint density at radius 1 is 1.05 bits per heavy atom. The van der Waals surface area contributed by atoms with E-state index in [1.807, 2.05) is 26.0 Å². The molecule has 2 aliphatic rings. The van der Waals surface area contributed by atoms with Crippen molar-refractivity contribution in [2.75, 3.05) is 4.90 Å². The van der Waals surface area contributed by atoms with Crippen LogP contribution in [0.15, 0.2) is 83.3 Å². The van der Waals surface area contributed by atoms with Gasteiger partial charge in [0.1, 0.15) is 24.0 Å². The molecule has 0 amide bonds. The molecule has 1 aliphatic carbocycles. The van der Waals surface area contributed by atoms with Crippen LogP contribution in [-0.2, 0) is 17.6 Å². The number of alkyl halides is 3. The molecule has 0 fully saturated rings. The lowest BCUT2D eigenvalue weighted by molar-refractivity contribution is -0.137. The summed E-state index contributed by atoms with van der Waals surface area (Å²) >= 11 is 0. The molecule has 0 aromatic heterocycles. The SMILES string of the molecule is Cc1cc(COc2ccc(F)cc2)c(C)c(C2C(C#N)=C(N)N(c3ccc(C(F)(F)F)cc3)C3=C2C(=O)CCC3)c1. The number of hydrogen-bond donors (Lipinski definition) is 1. The van der Waals surface area contributed by atoms with Crippen LogP contribution in [0.25, 0.3) is 0 Å². The third kappa shape index (κ3) is 5.30. The van der Waals surface area contributed by atoms with Gasteiger partial charge in [-0.15, -0.1) is 0 Å². The molecule has 3 aromatic rings. The van der Waals surface area contributed by atoms with Crippen LogP contribution in [0, 0.1) is 31.0 Å². The lowest BCUT2D eigenvalue weighted by Gasteiger charge is -2.40. The van der Waals surface area contributed by atoms with Crippen LogP contribution in [0.3, 0.4) is 0 Å². The number of benzene rings is 3. The largest absolute Gasteiger partial charge is 0.489 e. The maximum absolute atomic E-state index is 13.5. The van der Waals surface area contributed by atoms with Gasteiger partial charge < -0.3 is 10.5 Å². The number of carbonyl (C=O) groups is 1. The molecule has 3 aromatic carbocycles. The molecule has 1 unspecified atom stereocenters. The van der Waals surface area contributed by atoms with E-state index in [0.717, 1.165) is 34.4 Å². The van der Waals surface area contributed by atoms with Crippen LogP contribution in [0.4, 0.5) is 23.2 Å². The molecule has 0 spiro atoms. The first-order valence-corrected chi connectivity index (χ1v) is 13.1. The van der Waals surface area contributed by atoms with Gasteiger partial charge in [0.15, 0.2) is 5.78 Å². The maximum Gasteiger partial charge on any atom is 0.416 e. The van der Waals surface area contributed by atoms with E-state index < -0.39 is 17.7 Å². The van der Waals surface area contributed by atoms with Crippen molar-refractivity contribution in [3.63, 3.8) is 0 Å². The van der Waals surface area contributed by atoms with Crippen LogP contribution in [0.1, 0.15) is 53.0 Å². The van der Waals surface area contributed by atoms with E-state index in [9.17, 15) is 27.6 Å². The maximum atomic E-state index is 13.5. The molecular formula is C32H27F4N3O2. The number of nitrogens with two attached hydrogens (primary N) is 1. The minimum absolute atomic E-state index is 0.0794. The monoisotopic (exact) mass is 561 g/mol. The Balaban J connectivity index is 1.61. The summed E-state index contributed by atoms with van der Waals surface area (Å²) in [5.74, 6) is -0.663. The summed E-state index contributed by atoms with van der Waals surface area (Å²) < 4.78 is 58.9. The molecule has 41 heavy (non-hydrogen) atoms. The quantitative estimate of drug-likeness (QED) is 0.330. The van der Waals surface area contributed by atoms with Crippen molar-refractivity contribution in [1.29, 1.82) is 5.26 Å². The third-order valence-electron chi connectivity index (χ3n) is 7.58. The van der Waals surface area contributed by atoms with Crippen LogP contribution in [-0.4, -0.2) is 5.78 Å². The molecule has 5 nitrogen and oxygen atoms in total. The first kappa shape index (κ1) is 28.0. The number of anilines is 1. The number of halogens is 4. The lowest BCUT2D eigenvalue weighted by atomic mass is 9.73. The van der Waals surface area contributed by atoms with E-state index in [1.165, 1.54) is 36.4 Å². The highest BCUT2D eigenvalue weighted by atomic mass is 19.4. The van der Waals surface area contributed by atoms with Gasteiger partial charge in [-0.05, 0) is 91.9 Å². The van der Waals surface area contributed by atoms with Crippen molar-refractivity contribution < 1.29 is 27.1 Å². The van der Waals surface area contributed by atoms with Gasteiger partial charge in [-0.1, -0.05) is 17.7 Å². The zero-order valence-electron chi connectivity index (χ0n) is 22.5. The predicted octanol–water partition coefficient (Wildman–Crippen LogP) is 7.35. The second-order valence-corrected chi connectivity index (χ2v) is 10.2. The van der Waals surface area contributed by atoms with Crippen LogP contribution in [0.5, 0.6) is 5.75 Å². The van der Waals surface area contributed by atoms with Crippen molar-refractivity contribution in [3.8, 4) is 11.8 Å². The van der Waals surface area contributed by atoms with Gasteiger partial charge in [0, 0.05) is 23.4 Å². The number of hydrogen-bond acceptors (Lipinski definition) is 5. The minimum atomic E-state index is -4.50. The number of nitrogens with zero attached hydrogens (tertiary/aromatic N) is 2. The predicted molar refractivity (Wildman–Crippen MR) is 146 cm³/mol. The van der Waals surface area contributed by atoms with E-state index in [-0.39, 0.29) is 29.6 Å². The Hall–Kier alpha value is -4.58. The van der Waals surface area contributed by atoms with Gasteiger partial charge in [0.25, 0.3) is 0 Å². The highest BCUT2D eigenvalue weighted by molar-refractivity contribution is 6.01. The fraction of sp³-hybridized carbons (Fsp3) is 0.250. The van der Waals surface area contributed by atoms with E-state index >= 15 is 0 Å². The normalized spacial score (nSPS) is 17.4. The summed E-state index contributed by atoms with van der Waals surface area (Å²) in [5.41, 5.74) is 10.6. The molecule has 0 saturated carbocycles. The molecular weight excluding hydrogens is 534 g/mol. The molecule has 0 radical (unpaired) electrons. The molecule has 1 aliphatic heterocycles. The smallest absolute Gasteiger partial charge is 0.416 e. The highest BCUT2D eigenvalue weighted by Crippen LogP contribution is 2.47. The summed E-state index contributed by atoms with van der Waals surface area (Å²) in [6.45, 7) is 3.97. The fourth-order valence-corrected chi connectivity index (χ4v) is 5.60. The Morgan fingerprint density at radius 2 is 1.73 bits per heavy atom. The average molecular weight is 562 g/mol. The summed E-state index contributed by atoms with van der Waals surface area (Å²) in [5, 5.41) is 10.3. The van der Waals surface area contributed by atoms with Crippen LogP contribution >= 0.6 is 0 Å². The Morgan fingerprint density at radius 3 is 2.37 bits per heavy atom. The number of rotatable bonds is 5. The summed E-state index contributed by atoms with van der Waals surface area (Å²) in [4.78, 5) is 15.0. The number of ketones is 1. The van der Waals surface area contributed by atoms with Crippen molar-refractivity contribution in [3.05, 3.63) is 117 Å². The second-order valence-electron chi connectivity index (χ2n) is 10.2. The molecule has 1 heterocycles. The van der Waals surface area contributed by atoms with Gasteiger partial charge in [-0.3, -0.25) is 9.69 Å². The molecule has 5 rings (SSSR count). The van der Waals surface area contributed by atoms with E-state index in [0.29, 0.717) is 42.0 Å². The first-order valence-electron chi connectivity index (χ1n) is 13.1. The van der Waals surface area contributed by atoms with Gasteiger partial charge in [-0.25, -0.2) is 4.39 Å². The lowest BCUT2D eigenvalue weighted by Crippen LogP contribution is -2.39. The zero-order valence-corrected chi connectivity index (χ0v) is 22.5. The van der Waals surface area contributed by atoms with Gasteiger partial charge in [0.05, 0.1) is 23.1 Å². The summed E-state index contributed by atoms with van der Waals surface area (Å²) in [6, 6.07) is 16.3. The van der Waals surface area contributed by atoms with Crippen LogP contribution < -0.4 is 15.4 Å². The summed E-state index contributed by atoms with van der Waals surface area (Å²) in [7, 11) is 0. The van der Waals surface area contributed by atoms with E-state index in [1.54, 1.807) is 4.90 Å². The Bertz CT molecular complexity index is 1610. The standard InChI is InChI=1S/C32H27F4N3O2/c1-18-14-20(17-41-24-12-8-22(33)9-13-24)19(2)25(15-18)29-26(16-37)31(38)39(27-4-3-5-28(40)30(27)29)23-10-6-21(7-11-23)32(34,35)36/h6-15,29H,3-5,17,38H2,1-2H3. The number of Topliss-reactive ketones (excluding diaryl/α,β-unsaturated/α-hetero) is 1. The molecule has 210 valence electrons. The van der Waals surface area contributed by atoms with Gasteiger partial charge >= 0.3 is 6.18 Å². The minimum Gasteiger partial charge on any atom is -0.489 e. The Labute approximate surface area is 235 Å². The number of aryl methyl sites for hydroxylation is 1. The molecule has 0 bridgehead atoms. The molecule has 9 heteroatoms. The number of allylic oxidation sites excluding steroid dienone is 3. The zero-order chi connectivity index (χ0) is 29.5. The first-order chi connectivity index (χ1) is 19.5. The molecule has 0 saturated heterocycles. The van der Waals surface area contributed by atoms with Gasteiger partial charge in [-0.2, -0.15) is 18.4 Å². The highest BCUT2D eigenvalue weighted by Gasteiger charge is 2.41. The topological polar surface area (TPSA) is 79.3 Å². The number of ether oxygens (including phenoxy) is 1. The molecule has 2 N–H and O–H groups in total. The average Bonchev–Trinajstić information content (AvgIpc) is 2.93. The van der Waals surface area contributed by atoms with Crippen LogP contribution in [0.2, 0.25) is 0 Å². The molecule has 1 atom stereocenters. The van der Waals surface area contributed by atoms with Crippen molar-refractivity contribution in [2.24, 2.45) is 5.73 Å². The van der Waals surface area contributed by atoms with E-state index in [2.05, 4.69) is 6.07 Å². The third-order valence-corrected chi connectivity index (χ3v) is 7.58. The fourth-order valence-electron chi connectivity index (χ4n) is 5.60. The van der Waals surface area contributed by atoms with Crippen molar-refractivity contribution in [1.82, 2.24) is 0 Å².